The normalized spacial score (nSPS) is 14.9. The van der Waals surface area contributed by atoms with Crippen LogP contribution in [0.15, 0.2) is 0 Å². The topological polar surface area (TPSA) is 55.4 Å². The number of hydrogen-bond donors (Lipinski definition) is 1. The molecule has 0 radical (unpaired) electrons. The summed E-state index contributed by atoms with van der Waals surface area (Å²) in [4.78, 5) is 22.6. The first-order valence-corrected chi connectivity index (χ1v) is 6.16. The van der Waals surface area contributed by atoms with E-state index in [-0.39, 0.29) is 12.3 Å². The number of halogens is 3. The molecule has 0 aliphatic rings. The number of amides is 1. The van der Waals surface area contributed by atoms with Crippen LogP contribution in [0.3, 0.4) is 0 Å². The molecule has 1 unspecified atom stereocenters. The van der Waals surface area contributed by atoms with Crippen LogP contribution in [0.1, 0.15) is 40.5 Å². The van der Waals surface area contributed by atoms with Crippen molar-refractivity contribution in [1.82, 2.24) is 5.32 Å². The third kappa shape index (κ3) is 7.03. The number of rotatable bonds is 6. The van der Waals surface area contributed by atoms with Crippen LogP contribution in [0.4, 0.5) is 13.2 Å². The molecule has 0 aromatic heterocycles. The van der Waals surface area contributed by atoms with Gasteiger partial charge in [0.15, 0.2) is 0 Å². The molecule has 0 rings (SSSR count). The Balaban J connectivity index is 4.72. The van der Waals surface area contributed by atoms with Crippen molar-refractivity contribution >= 4 is 11.9 Å². The molecule has 19 heavy (non-hydrogen) atoms. The molecule has 1 N–H and O–H groups in total. The number of carbonyl (C=O) groups is 2. The molecule has 1 amide bonds. The van der Waals surface area contributed by atoms with Gasteiger partial charge in [0.1, 0.15) is 6.04 Å². The number of nitrogens with one attached hydrogen (secondary N) is 1. The van der Waals surface area contributed by atoms with Gasteiger partial charge in [0.2, 0.25) is 0 Å². The first-order chi connectivity index (χ1) is 8.57. The van der Waals surface area contributed by atoms with Crippen molar-refractivity contribution in [2.24, 2.45) is 5.92 Å². The van der Waals surface area contributed by atoms with Gasteiger partial charge in [0.05, 0.1) is 6.10 Å². The van der Waals surface area contributed by atoms with Crippen molar-refractivity contribution in [3.63, 3.8) is 0 Å². The van der Waals surface area contributed by atoms with E-state index < -0.39 is 30.2 Å². The molecule has 0 saturated heterocycles. The fourth-order valence-corrected chi connectivity index (χ4v) is 1.29. The lowest BCUT2D eigenvalue weighted by Crippen LogP contribution is -2.48. The lowest BCUT2D eigenvalue weighted by Gasteiger charge is -2.21. The van der Waals surface area contributed by atoms with E-state index in [0.717, 1.165) is 0 Å². The summed E-state index contributed by atoms with van der Waals surface area (Å²) in [6.07, 6.45) is -4.76. The summed E-state index contributed by atoms with van der Waals surface area (Å²) in [6, 6.07) is -1.27. The zero-order valence-corrected chi connectivity index (χ0v) is 11.5. The molecule has 2 atom stereocenters. The molecule has 0 spiro atoms. The minimum atomic E-state index is -5.01. The van der Waals surface area contributed by atoms with E-state index in [9.17, 15) is 22.8 Å². The third-order valence-electron chi connectivity index (χ3n) is 2.45. The van der Waals surface area contributed by atoms with E-state index >= 15 is 0 Å². The van der Waals surface area contributed by atoms with Crippen molar-refractivity contribution in [3.8, 4) is 0 Å². The summed E-state index contributed by atoms with van der Waals surface area (Å²) in [5.41, 5.74) is 0. The molecule has 112 valence electrons. The molecule has 0 heterocycles. The molecule has 0 aromatic rings. The summed E-state index contributed by atoms with van der Waals surface area (Å²) in [5, 5.41) is 1.68. The van der Waals surface area contributed by atoms with E-state index in [0.29, 0.717) is 6.42 Å². The number of ether oxygens (including phenoxy) is 1. The van der Waals surface area contributed by atoms with Crippen LogP contribution in [0, 0.1) is 5.92 Å². The lowest BCUT2D eigenvalue weighted by molar-refractivity contribution is -0.176. The second-order valence-electron chi connectivity index (χ2n) is 4.81. The summed E-state index contributed by atoms with van der Waals surface area (Å²) in [5.74, 6) is -3.01. The van der Waals surface area contributed by atoms with Gasteiger partial charge in [-0.05, 0) is 25.7 Å². The van der Waals surface area contributed by atoms with Gasteiger partial charge in [-0.1, -0.05) is 20.8 Å². The maximum absolute atomic E-state index is 12.2. The molecule has 7 heteroatoms. The van der Waals surface area contributed by atoms with Gasteiger partial charge in [-0.3, -0.25) is 4.79 Å². The molecule has 0 fully saturated rings. The van der Waals surface area contributed by atoms with Crippen molar-refractivity contribution in [2.75, 3.05) is 0 Å². The number of esters is 1. The number of alkyl halides is 3. The summed E-state index contributed by atoms with van der Waals surface area (Å²) < 4.78 is 41.5. The van der Waals surface area contributed by atoms with Gasteiger partial charge in [-0.25, -0.2) is 4.79 Å². The average molecular weight is 283 g/mol. The molecule has 0 aromatic carbocycles. The molecular formula is C12H20F3NO3. The van der Waals surface area contributed by atoms with E-state index in [1.807, 2.05) is 0 Å². The molecule has 0 bridgehead atoms. The molecule has 0 aliphatic carbocycles. The molecule has 0 aliphatic heterocycles. The van der Waals surface area contributed by atoms with Crippen LogP contribution >= 0.6 is 0 Å². The smallest absolute Gasteiger partial charge is 0.461 e. The Morgan fingerprint density at radius 1 is 1.21 bits per heavy atom. The van der Waals surface area contributed by atoms with Gasteiger partial charge < -0.3 is 10.1 Å². The zero-order valence-electron chi connectivity index (χ0n) is 11.5. The first-order valence-electron chi connectivity index (χ1n) is 6.16. The SMILES string of the molecule is CCC(C)OC(=O)[C@H](CC(C)C)NC(=O)C(F)(F)F. The van der Waals surface area contributed by atoms with Gasteiger partial charge in [-0.15, -0.1) is 0 Å². The molecule has 4 nitrogen and oxygen atoms in total. The number of carbonyl (C=O) groups excluding carboxylic acids is 2. The highest BCUT2D eigenvalue weighted by molar-refractivity contribution is 5.87. The first kappa shape index (κ1) is 17.7. The molecular weight excluding hydrogens is 263 g/mol. The van der Waals surface area contributed by atoms with Gasteiger partial charge >= 0.3 is 18.1 Å². The largest absolute Gasteiger partial charge is 0.471 e. The standard InChI is InChI=1S/C12H20F3NO3/c1-5-8(4)19-10(17)9(6-7(2)3)16-11(18)12(13,14)15/h7-9H,5-6H2,1-4H3,(H,16,18)/t8?,9-/m0/s1. The van der Waals surface area contributed by atoms with Gasteiger partial charge in [0, 0.05) is 0 Å². The zero-order chi connectivity index (χ0) is 15.2. The predicted molar refractivity (Wildman–Crippen MR) is 63.3 cm³/mol. The Bertz CT molecular complexity index is 316. The van der Waals surface area contributed by atoms with Crippen LogP contribution in [0.2, 0.25) is 0 Å². The maximum Gasteiger partial charge on any atom is 0.471 e. The number of hydrogen-bond acceptors (Lipinski definition) is 3. The van der Waals surface area contributed by atoms with E-state index in [1.165, 1.54) is 0 Å². The Hall–Kier alpha value is -1.27. The third-order valence-corrected chi connectivity index (χ3v) is 2.45. The van der Waals surface area contributed by atoms with Crippen LogP contribution < -0.4 is 5.32 Å². The fraction of sp³-hybridized carbons (Fsp3) is 0.833. The fourth-order valence-electron chi connectivity index (χ4n) is 1.29. The minimum absolute atomic E-state index is 0.0528. The lowest BCUT2D eigenvalue weighted by atomic mass is 10.0. The quantitative estimate of drug-likeness (QED) is 0.762. The van der Waals surface area contributed by atoms with Crippen molar-refractivity contribution in [2.45, 2.75) is 58.9 Å². The van der Waals surface area contributed by atoms with Crippen LogP contribution in [0.5, 0.6) is 0 Å². The van der Waals surface area contributed by atoms with Crippen LogP contribution in [-0.2, 0) is 14.3 Å². The van der Waals surface area contributed by atoms with Crippen molar-refractivity contribution in [1.29, 1.82) is 0 Å². The second-order valence-corrected chi connectivity index (χ2v) is 4.81. The van der Waals surface area contributed by atoms with Gasteiger partial charge in [-0.2, -0.15) is 13.2 Å². The molecule has 0 saturated carbocycles. The second kappa shape index (κ2) is 7.35. The highest BCUT2D eigenvalue weighted by Gasteiger charge is 2.41. The highest BCUT2D eigenvalue weighted by Crippen LogP contribution is 2.16. The van der Waals surface area contributed by atoms with Crippen LogP contribution in [-0.4, -0.2) is 30.2 Å². The van der Waals surface area contributed by atoms with E-state index in [4.69, 9.17) is 4.74 Å². The Kier molecular flexibility index (Phi) is 6.86. The Morgan fingerprint density at radius 2 is 1.74 bits per heavy atom. The van der Waals surface area contributed by atoms with E-state index in [1.54, 1.807) is 33.0 Å². The van der Waals surface area contributed by atoms with Gasteiger partial charge in [0.25, 0.3) is 0 Å². The monoisotopic (exact) mass is 283 g/mol. The van der Waals surface area contributed by atoms with Crippen LogP contribution in [0.25, 0.3) is 0 Å². The maximum atomic E-state index is 12.2. The van der Waals surface area contributed by atoms with E-state index in [2.05, 4.69) is 0 Å². The predicted octanol–water partition coefficient (Wildman–Crippen LogP) is 2.42. The highest BCUT2D eigenvalue weighted by atomic mass is 19.4. The Morgan fingerprint density at radius 3 is 2.11 bits per heavy atom. The van der Waals surface area contributed by atoms with Crippen molar-refractivity contribution < 1.29 is 27.5 Å². The summed E-state index contributed by atoms with van der Waals surface area (Å²) in [6.45, 7) is 6.89. The Labute approximate surface area is 110 Å². The van der Waals surface area contributed by atoms with Crippen molar-refractivity contribution in [3.05, 3.63) is 0 Å². The summed E-state index contributed by atoms with van der Waals surface area (Å²) >= 11 is 0. The average Bonchev–Trinajstić information content (AvgIpc) is 2.25. The minimum Gasteiger partial charge on any atom is -0.461 e. The summed E-state index contributed by atoms with van der Waals surface area (Å²) in [7, 11) is 0.